The van der Waals surface area contributed by atoms with Crippen LogP contribution in [-0.4, -0.2) is 16.1 Å². The second kappa shape index (κ2) is 7.09. The third kappa shape index (κ3) is 3.14. The van der Waals surface area contributed by atoms with Crippen molar-refractivity contribution in [1.82, 2.24) is 0 Å². The van der Waals surface area contributed by atoms with Crippen LogP contribution in [0.3, 0.4) is 0 Å². The normalized spacial score (nSPS) is 10.8. The van der Waals surface area contributed by atoms with Gasteiger partial charge in [-0.25, -0.2) is 0 Å². The molecule has 1 amide bonds. The average Bonchev–Trinajstić information content (AvgIpc) is 2.70. The summed E-state index contributed by atoms with van der Waals surface area (Å²) < 4.78 is 0. The van der Waals surface area contributed by atoms with Crippen molar-refractivity contribution >= 4 is 11.6 Å². The predicted octanol–water partition coefficient (Wildman–Crippen LogP) is 3.14. The van der Waals surface area contributed by atoms with Crippen molar-refractivity contribution in [3.8, 4) is 11.8 Å². The number of carbonyl (C=O) groups excluding carboxylic acids is 1. The van der Waals surface area contributed by atoms with Crippen molar-refractivity contribution in [3.63, 3.8) is 0 Å². The highest BCUT2D eigenvalue weighted by Gasteiger charge is 2.40. The fraction of sp³-hybridized carbons (Fsp3) is 0.0476. The zero-order valence-corrected chi connectivity index (χ0v) is 13.8. The molecule has 3 aromatic rings. The SMILES string of the molecule is N#Cc1ccc(O)c(NC(=O)C(O)(c2ccccc2)c2ccccc2)c1. The molecule has 3 aromatic carbocycles. The summed E-state index contributed by atoms with van der Waals surface area (Å²) in [7, 11) is 0. The van der Waals surface area contributed by atoms with Crippen LogP contribution in [0, 0.1) is 11.3 Å². The smallest absolute Gasteiger partial charge is 0.265 e. The minimum atomic E-state index is -1.96. The molecule has 0 heterocycles. The van der Waals surface area contributed by atoms with E-state index in [1.165, 1.54) is 18.2 Å². The van der Waals surface area contributed by atoms with Gasteiger partial charge in [-0.1, -0.05) is 60.7 Å². The van der Waals surface area contributed by atoms with Crippen molar-refractivity contribution in [1.29, 1.82) is 5.26 Å². The van der Waals surface area contributed by atoms with Gasteiger partial charge in [-0.15, -0.1) is 0 Å². The molecule has 0 aliphatic heterocycles. The number of aromatic hydroxyl groups is 1. The zero-order chi connectivity index (χ0) is 18.6. The zero-order valence-electron chi connectivity index (χ0n) is 13.8. The third-order valence-corrected chi connectivity index (χ3v) is 4.09. The number of hydrogen-bond acceptors (Lipinski definition) is 4. The van der Waals surface area contributed by atoms with Gasteiger partial charge in [0.2, 0.25) is 0 Å². The highest BCUT2D eigenvalue weighted by atomic mass is 16.3. The van der Waals surface area contributed by atoms with Gasteiger partial charge >= 0.3 is 0 Å². The number of nitrogens with one attached hydrogen (secondary N) is 1. The lowest BCUT2D eigenvalue weighted by Gasteiger charge is -2.28. The minimum Gasteiger partial charge on any atom is -0.506 e. The van der Waals surface area contributed by atoms with Crippen LogP contribution in [0.4, 0.5) is 5.69 Å². The largest absolute Gasteiger partial charge is 0.506 e. The highest BCUT2D eigenvalue weighted by Crippen LogP contribution is 2.33. The van der Waals surface area contributed by atoms with E-state index in [1.807, 2.05) is 6.07 Å². The van der Waals surface area contributed by atoms with Crippen LogP contribution in [0.25, 0.3) is 0 Å². The Kier molecular flexibility index (Phi) is 4.70. The maximum Gasteiger partial charge on any atom is 0.265 e. The molecule has 0 unspecified atom stereocenters. The first-order valence-corrected chi connectivity index (χ1v) is 7.93. The lowest BCUT2D eigenvalue weighted by atomic mass is 9.85. The Morgan fingerprint density at radius 3 is 1.96 bits per heavy atom. The molecular formula is C21H16N2O3. The monoisotopic (exact) mass is 344 g/mol. The Bertz CT molecular complexity index is 924. The molecule has 0 radical (unpaired) electrons. The van der Waals surface area contributed by atoms with Gasteiger partial charge in [0.15, 0.2) is 5.60 Å². The molecule has 3 N–H and O–H groups in total. The maximum absolute atomic E-state index is 13.0. The summed E-state index contributed by atoms with van der Waals surface area (Å²) in [5.74, 6) is -0.930. The molecule has 5 heteroatoms. The number of nitrogens with zero attached hydrogens (tertiary/aromatic N) is 1. The minimum absolute atomic E-state index is 0.0549. The number of rotatable bonds is 4. The van der Waals surface area contributed by atoms with E-state index >= 15 is 0 Å². The van der Waals surface area contributed by atoms with E-state index in [2.05, 4.69) is 5.32 Å². The number of benzene rings is 3. The van der Waals surface area contributed by atoms with Gasteiger partial charge in [-0.05, 0) is 29.3 Å². The van der Waals surface area contributed by atoms with E-state index in [4.69, 9.17) is 5.26 Å². The summed E-state index contributed by atoms with van der Waals surface area (Å²) in [5.41, 5.74) is -0.850. The second-order valence-corrected chi connectivity index (χ2v) is 5.74. The van der Waals surface area contributed by atoms with Gasteiger partial charge < -0.3 is 15.5 Å². The van der Waals surface area contributed by atoms with E-state index in [1.54, 1.807) is 60.7 Å². The molecule has 0 atom stereocenters. The number of amides is 1. The van der Waals surface area contributed by atoms with Gasteiger partial charge in [0.25, 0.3) is 5.91 Å². The Labute approximate surface area is 150 Å². The van der Waals surface area contributed by atoms with Gasteiger partial charge in [-0.3, -0.25) is 4.79 Å². The lowest BCUT2D eigenvalue weighted by Crippen LogP contribution is -2.41. The van der Waals surface area contributed by atoms with Crippen molar-refractivity contribution in [2.24, 2.45) is 0 Å². The highest BCUT2D eigenvalue weighted by molar-refractivity contribution is 6.01. The van der Waals surface area contributed by atoms with Crippen LogP contribution in [0.5, 0.6) is 5.75 Å². The summed E-state index contributed by atoms with van der Waals surface area (Å²) in [5, 5.41) is 32.9. The number of carbonyl (C=O) groups is 1. The van der Waals surface area contributed by atoms with Crippen molar-refractivity contribution in [2.75, 3.05) is 5.32 Å². The van der Waals surface area contributed by atoms with E-state index in [0.717, 1.165) is 0 Å². The molecule has 0 bridgehead atoms. The Morgan fingerprint density at radius 2 is 1.46 bits per heavy atom. The summed E-state index contributed by atoms with van der Waals surface area (Å²) in [6, 6.07) is 23.1. The Balaban J connectivity index is 2.06. The molecule has 0 spiro atoms. The van der Waals surface area contributed by atoms with E-state index in [0.29, 0.717) is 11.1 Å². The molecule has 3 rings (SSSR count). The van der Waals surface area contributed by atoms with Gasteiger partial charge in [0.1, 0.15) is 5.75 Å². The molecule has 0 aromatic heterocycles. The summed E-state index contributed by atoms with van der Waals surface area (Å²) in [4.78, 5) is 13.0. The molecule has 128 valence electrons. The first kappa shape index (κ1) is 17.2. The van der Waals surface area contributed by atoms with Gasteiger partial charge in [0.05, 0.1) is 17.3 Å². The van der Waals surface area contributed by atoms with Crippen molar-refractivity contribution in [2.45, 2.75) is 5.60 Å². The molecule has 0 saturated carbocycles. The molecule has 0 aliphatic rings. The first-order chi connectivity index (χ1) is 12.6. The molecule has 0 fully saturated rings. The Hall–Kier alpha value is -3.62. The average molecular weight is 344 g/mol. The van der Waals surface area contributed by atoms with Crippen LogP contribution in [-0.2, 0) is 10.4 Å². The summed E-state index contributed by atoms with van der Waals surface area (Å²) in [6.45, 7) is 0. The van der Waals surface area contributed by atoms with Crippen molar-refractivity contribution in [3.05, 3.63) is 95.6 Å². The van der Waals surface area contributed by atoms with Gasteiger partial charge in [-0.2, -0.15) is 5.26 Å². The van der Waals surface area contributed by atoms with Crippen LogP contribution in [0.1, 0.15) is 16.7 Å². The number of phenolic OH excluding ortho intramolecular Hbond substituents is 1. The van der Waals surface area contributed by atoms with Gasteiger partial charge in [0, 0.05) is 0 Å². The number of aliphatic hydroxyl groups is 1. The van der Waals surface area contributed by atoms with Crippen molar-refractivity contribution < 1.29 is 15.0 Å². The van der Waals surface area contributed by atoms with Crippen LogP contribution < -0.4 is 5.32 Å². The summed E-state index contributed by atoms with van der Waals surface area (Å²) in [6.07, 6.45) is 0. The molecular weight excluding hydrogens is 328 g/mol. The van der Waals surface area contributed by atoms with Crippen LogP contribution in [0.2, 0.25) is 0 Å². The molecule has 0 aliphatic carbocycles. The number of nitriles is 1. The quantitative estimate of drug-likeness (QED) is 0.634. The molecule has 5 nitrogen and oxygen atoms in total. The van der Waals surface area contributed by atoms with Crippen LogP contribution >= 0.6 is 0 Å². The standard InChI is InChI=1S/C21H16N2O3/c22-14-15-11-12-19(24)18(13-15)23-20(25)21(26,16-7-3-1-4-8-16)17-9-5-2-6-10-17/h1-13,24,26H,(H,23,25). The first-order valence-electron chi connectivity index (χ1n) is 7.93. The topological polar surface area (TPSA) is 93.4 Å². The predicted molar refractivity (Wildman–Crippen MR) is 97.3 cm³/mol. The second-order valence-electron chi connectivity index (χ2n) is 5.74. The van der Waals surface area contributed by atoms with Crippen LogP contribution in [0.15, 0.2) is 78.9 Å². The number of anilines is 1. The third-order valence-electron chi connectivity index (χ3n) is 4.09. The van der Waals surface area contributed by atoms with E-state index in [9.17, 15) is 15.0 Å². The molecule has 0 saturated heterocycles. The Morgan fingerprint density at radius 1 is 0.923 bits per heavy atom. The fourth-order valence-electron chi connectivity index (χ4n) is 2.71. The fourth-order valence-corrected chi connectivity index (χ4v) is 2.71. The summed E-state index contributed by atoms with van der Waals surface area (Å²) >= 11 is 0. The lowest BCUT2D eigenvalue weighted by molar-refractivity contribution is -0.131. The molecule has 26 heavy (non-hydrogen) atoms. The van der Waals surface area contributed by atoms with E-state index in [-0.39, 0.29) is 17.0 Å². The maximum atomic E-state index is 13.0. The number of hydrogen-bond donors (Lipinski definition) is 3. The number of phenols is 1. The van der Waals surface area contributed by atoms with E-state index < -0.39 is 11.5 Å².